The first-order valence-electron chi connectivity index (χ1n) is 8.29. The van der Waals surface area contributed by atoms with Gasteiger partial charge in [0.15, 0.2) is 0 Å². The van der Waals surface area contributed by atoms with E-state index >= 15 is 0 Å². The molecule has 0 atom stereocenters. The van der Waals surface area contributed by atoms with Crippen LogP contribution in [0.2, 0.25) is 0 Å². The highest BCUT2D eigenvalue weighted by Crippen LogP contribution is 2.15. The van der Waals surface area contributed by atoms with Gasteiger partial charge in [0.2, 0.25) is 0 Å². The smallest absolute Gasteiger partial charge is 0.419 e. The molecule has 0 heterocycles. The minimum atomic E-state index is -0.697. The van der Waals surface area contributed by atoms with E-state index in [2.05, 4.69) is 11.0 Å². The van der Waals surface area contributed by atoms with Gasteiger partial charge in [0.05, 0.1) is 6.61 Å². The largest absolute Gasteiger partial charge is 0.443 e. The summed E-state index contributed by atoms with van der Waals surface area (Å²) < 4.78 is 10.6. The molecule has 142 valence electrons. The fourth-order valence-electron chi connectivity index (χ4n) is 1.55. The lowest BCUT2D eigenvalue weighted by molar-refractivity contribution is 0.000701. The molecule has 0 aliphatic heterocycles. The second-order valence-electron chi connectivity index (χ2n) is 7.28. The van der Waals surface area contributed by atoms with E-state index in [4.69, 9.17) is 14.3 Å². The van der Waals surface area contributed by atoms with Crippen LogP contribution in [0.25, 0.3) is 0 Å². The minimum absolute atomic E-state index is 0.222. The van der Waals surface area contributed by atoms with Crippen molar-refractivity contribution in [2.45, 2.75) is 72.5 Å². The molecule has 0 aliphatic rings. The summed E-state index contributed by atoms with van der Waals surface area (Å²) in [6.45, 7) is 13.8. The van der Waals surface area contributed by atoms with Gasteiger partial charge in [-0.05, 0) is 61.3 Å². The van der Waals surface area contributed by atoms with Crippen molar-refractivity contribution in [3.05, 3.63) is 0 Å². The van der Waals surface area contributed by atoms with Crippen molar-refractivity contribution >= 4 is 12.2 Å². The molecular formula is C16H33N3O5. The monoisotopic (exact) mass is 347 g/mol. The first-order valence-corrected chi connectivity index (χ1v) is 8.29. The second kappa shape index (κ2) is 10.5. The molecule has 24 heavy (non-hydrogen) atoms. The van der Waals surface area contributed by atoms with Crippen LogP contribution in [0.4, 0.5) is 9.59 Å². The lowest BCUT2D eigenvalue weighted by Crippen LogP contribution is -2.44. The molecule has 2 amide bonds. The molecule has 8 heteroatoms. The van der Waals surface area contributed by atoms with E-state index in [1.54, 1.807) is 41.5 Å². The van der Waals surface area contributed by atoms with E-state index in [1.165, 1.54) is 0 Å². The van der Waals surface area contributed by atoms with E-state index in [-0.39, 0.29) is 6.54 Å². The molecular weight excluding hydrogens is 314 g/mol. The average molecular weight is 347 g/mol. The Kier molecular flexibility index (Phi) is 9.88. The number of ether oxygens (including phenoxy) is 2. The van der Waals surface area contributed by atoms with Crippen LogP contribution in [0.15, 0.2) is 0 Å². The summed E-state index contributed by atoms with van der Waals surface area (Å²) in [5, 5.41) is 0. The molecule has 0 aromatic carbocycles. The topological polar surface area (TPSA) is 89.1 Å². The number of hydrogen-bond acceptors (Lipinski definition) is 7. The Bertz CT molecular complexity index is 360. The predicted octanol–water partition coefficient (Wildman–Crippen LogP) is 2.98. The number of hydrazine groups is 1. The molecule has 0 bridgehead atoms. The van der Waals surface area contributed by atoms with Gasteiger partial charge in [0.25, 0.3) is 0 Å². The Morgan fingerprint density at radius 1 is 0.917 bits per heavy atom. The number of amides is 2. The number of nitrogens with zero attached hydrogens (tertiary/aromatic N) is 1. The van der Waals surface area contributed by atoms with Crippen molar-refractivity contribution < 1.29 is 23.9 Å². The van der Waals surface area contributed by atoms with E-state index in [1.807, 2.05) is 6.92 Å². The zero-order valence-corrected chi connectivity index (χ0v) is 16.0. The van der Waals surface area contributed by atoms with E-state index in [9.17, 15) is 9.59 Å². The van der Waals surface area contributed by atoms with E-state index in [0.29, 0.717) is 19.6 Å². The van der Waals surface area contributed by atoms with Crippen LogP contribution in [-0.4, -0.2) is 48.0 Å². The number of carbonyl (C=O) groups is 2. The third-order valence-electron chi connectivity index (χ3n) is 2.45. The Labute approximate surface area is 145 Å². The highest BCUT2D eigenvalue weighted by atomic mass is 16.7. The molecule has 0 aromatic rings. The van der Waals surface area contributed by atoms with Crippen molar-refractivity contribution in [2.24, 2.45) is 0 Å². The predicted molar refractivity (Wildman–Crippen MR) is 91.2 cm³/mol. The highest BCUT2D eigenvalue weighted by Gasteiger charge is 2.30. The number of carbonyl (C=O) groups excluding carboxylic acids is 2. The Hall–Kier alpha value is -1.38. The summed E-state index contributed by atoms with van der Waals surface area (Å²) >= 11 is 0. The molecule has 8 nitrogen and oxygen atoms in total. The van der Waals surface area contributed by atoms with Crippen molar-refractivity contribution in [3.8, 4) is 0 Å². The Balaban J connectivity index is 4.53. The van der Waals surface area contributed by atoms with Crippen LogP contribution in [0.1, 0.15) is 61.3 Å². The normalized spacial score (nSPS) is 12.0. The second-order valence-corrected chi connectivity index (χ2v) is 7.28. The van der Waals surface area contributed by atoms with Crippen LogP contribution in [0.3, 0.4) is 0 Å². The molecule has 0 fully saturated rings. The molecule has 2 N–H and O–H groups in total. The van der Waals surface area contributed by atoms with Crippen LogP contribution < -0.4 is 11.0 Å². The number of hydrogen-bond donors (Lipinski definition) is 2. The quantitative estimate of drug-likeness (QED) is 0.515. The number of unbranched alkanes of at least 4 members (excludes halogenated alkanes) is 1. The molecule has 0 saturated carbocycles. The van der Waals surface area contributed by atoms with Gasteiger partial charge in [0, 0.05) is 13.1 Å². The number of imide groups is 1. The van der Waals surface area contributed by atoms with Gasteiger partial charge in [-0.15, -0.1) is 5.59 Å². The third-order valence-corrected chi connectivity index (χ3v) is 2.45. The SMILES string of the molecule is CCONNCCCCN(C(=O)OC(C)(C)C)C(=O)OC(C)(C)C. The maximum atomic E-state index is 12.2. The van der Waals surface area contributed by atoms with Gasteiger partial charge in [0.1, 0.15) is 11.2 Å². The van der Waals surface area contributed by atoms with Gasteiger partial charge in [-0.2, -0.15) is 0 Å². The molecule has 0 unspecified atom stereocenters. The van der Waals surface area contributed by atoms with Gasteiger partial charge < -0.3 is 9.47 Å². The lowest BCUT2D eigenvalue weighted by Gasteiger charge is -2.28. The van der Waals surface area contributed by atoms with E-state index < -0.39 is 23.4 Å². The summed E-state index contributed by atoms with van der Waals surface area (Å²) in [4.78, 5) is 30.4. The zero-order chi connectivity index (χ0) is 18.8. The van der Waals surface area contributed by atoms with Crippen LogP contribution in [-0.2, 0) is 14.3 Å². The highest BCUT2D eigenvalue weighted by molar-refractivity contribution is 5.88. The summed E-state index contributed by atoms with van der Waals surface area (Å²) in [7, 11) is 0. The molecule has 0 aromatic heterocycles. The molecule has 0 spiro atoms. The van der Waals surface area contributed by atoms with Crippen LogP contribution in [0.5, 0.6) is 0 Å². The van der Waals surface area contributed by atoms with Crippen molar-refractivity contribution in [1.82, 2.24) is 15.9 Å². The zero-order valence-electron chi connectivity index (χ0n) is 16.0. The minimum Gasteiger partial charge on any atom is -0.443 e. The summed E-state index contributed by atoms with van der Waals surface area (Å²) in [5.74, 6) is 0. The van der Waals surface area contributed by atoms with Crippen LogP contribution in [0, 0.1) is 0 Å². The Morgan fingerprint density at radius 2 is 1.42 bits per heavy atom. The van der Waals surface area contributed by atoms with Crippen molar-refractivity contribution in [3.63, 3.8) is 0 Å². The first kappa shape index (κ1) is 22.6. The summed E-state index contributed by atoms with van der Waals surface area (Å²) in [5.41, 5.74) is 4.10. The molecule has 0 rings (SSSR count). The Morgan fingerprint density at radius 3 is 1.83 bits per heavy atom. The van der Waals surface area contributed by atoms with Crippen molar-refractivity contribution in [1.29, 1.82) is 0 Å². The molecule has 0 saturated heterocycles. The fraction of sp³-hybridized carbons (Fsp3) is 0.875. The van der Waals surface area contributed by atoms with Gasteiger partial charge >= 0.3 is 12.2 Å². The van der Waals surface area contributed by atoms with Gasteiger partial charge in [-0.1, -0.05) is 0 Å². The number of nitrogens with one attached hydrogen (secondary N) is 2. The van der Waals surface area contributed by atoms with E-state index in [0.717, 1.165) is 11.3 Å². The standard InChI is InChI=1S/C16H33N3O5/c1-8-22-18-17-11-9-10-12-19(13(20)23-15(2,3)4)14(21)24-16(5,6)7/h17-18H,8-12H2,1-7H3. The molecule has 0 radical (unpaired) electrons. The maximum Gasteiger partial charge on any atom is 0.419 e. The van der Waals surface area contributed by atoms with Crippen LogP contribution >= 0.6 is 0 Å². The third kappa shape index (κ3) is 12.1. The first-order chi connectivity index (χ1) is 11.0. The summed E-state index contributed by atoms with van der Waals surface area (Å²) in [6.07, 6.45) is -0.0455. The van der Waals surface area contributed by atoms with Crippen molar-refractivity contribution in [2.75, 3.05) is 19.7 Å². The number of rotatable bonds is 8. The molecule has 0 aliphatic carbocycles. The average Bonchev–Trinajstić information content (AvgIpc) is 2.37. The lowest BCUT2D eigenvalue weighted by atomic mass is 10.2. The van der Waals surface area contributed by atoms with Gasteiger partial charge in [-0.25, -0.2) is 19.9 Å². The van der Waals surface area contributed by atoms with Gasteiger partial charge in [-0.3, -0.25) is 4.84 Å². The maximum absolute atomic E-state index is 12.2. The summed E-state index contributed by atoms with van der Waals surface area (Å²) in [6, 6.07) is 0. The fourth-order valence-corrected chi connectivity index (χ4v) is 1.55.